The summed E-state index contributed by atoms with van der Waals surface area (Å²) in [6, 6.07) is -1.91. The number of carbonyl (C=O) groups excluding carboxylic acids is 1. The standard InChI is InChI=1S/C9H17F3N2O/c1-4-13-7(9(10,11)12)5-8(15)14-6(2)3/h6-7,13H,4-5H2,1-3H3,(H,14,15). The van der Waals surface area contributed by atoms with Crippen LogP contribution < -0.4 is 10.6 Å². The van der Waals surface area contributed by atoms with Crippen LogP contribution in [-0.4, -0.2) is 30.7 Å². The molecule has 90 valence electrons. The Hall–Kier alpha value is -0.780. The van der Waals surface area contributed by atoms with E-state index in [4.69, 9.17) is 0 Å². The minimum Gasteiger partial charge on any atom is -0.354 e. The molecule has 0 aromatic rings. The van der Waals surface area contributed by atoms with Crippen molar-refractivity contribution in [1.29, 1.82) is 0 Å². The summed E-state index contributed by atoms with van der Waals surface area (Å²) in [5.41, 5.74) is 0. The number of rotatable bonds is 5. The van der Waals surface area contributed by atoms with Crippen LogP contribution in [0.2, 0.25) is 0 Å². The quantitative estimate of drug-likeness (QED) is 0.744. The molecule has 6 heteroatoms. The van der Waals surface area contributed by atoms with Gasteiger partial charge < -0.3 is 10.6 Å². The maximum atomic E-state index is 12.4. The van der Waals surface area contributed by atoms with Crippen LogP contribution in [0.1, 0.15) is 27.2 Å². The Balaban J connectivity index is 4.23. The van der Waals surface area contributed by atoms with Gasteiger partial charge in [0, 0.05) is 6.04 Å². The number of amides is 1. The predicted octanol–water partition coefficient (Wildman–Crippen LogP) is 1.44. The monoisotopic (exact) mass is 226 g/mol. The number of hydrogen-bond donors (Lipinski definition) is 2. The molecule has 0 radical (unpaired) electrons. The highest BCUT2D eigenvalue weighted by atomic mass is 19.4. The molecule has 0 aliphatic heterocycles. The second-order valence-corrected chi connectivity index (χ2v) is 3.58. The first-order valence-corrected chi connectivity index (χ1v) is 4.86. The molecule has 0 saturated heterocycles. The molecule has 0 saturated carbocycles. The van der Waals surface area contributed by atoms with E-state index in [2.05, 4.69) is 10.6 Å². The second-order valence-electron chi connectivity index (χ2n) is 3.58. The van der Waals surface area contributed by atoms with Gasteiger partial charge in [-0.25, -0.2) is 0 Å². The molecule has 1 unspecified atom stereocenters. The molecular formula is C9H17F3N2O. The number of hydrogen-bond acceptors (Lipinski definition) is 2. The summed E-state index contributed by atoms with van der Waals surface area (Å²) in [6.45, 7) is 5.15. The number of nitrogens with one attached hydrogen (secondary N) is 2. The molecule has 3 nitrogen and oxygen atoms in total. The van der Waals surface area contributed by atoms with Crippen LogP contribution in [0.3, 0.4) is 0 Å². The van der Waals surface area contributed by atoms with E-state index >= 15 is 0 Å². The van der Waals surface area contributed by atoms with Gasteiger partial charge in [0.05, 0.1) is 6.42 Å². The fourth-order valence-corrected chi connectivity index (χ4v) is 1.12. The highest BCUT2D eigenvalue weighted by Gasteiger charge is 2.40. The topological polar surface area (TPSA) is 41.1 Å². The summed E-state index contributed by atoms with van der Waals surface area (Å²) in [7, 11) is 0. The maximum absolute atomic E-state index is 12.4. The first kappa shape index (κ1) is 14.2. The number of carbonyl (C=O) groups is 1. The Morgan fingerprint density at radius 2 is 1.87 bits per heavy atom. The Bertz CT molecular complexity index is 204. The van der Waals surface area contributed by atoms with Crippen molar-refractivity contribution < 1.29 is 18.0 Å². The van der Waals surface area contributed by atoms with Crippen LogP contribution in [0.4, 0.5) is 13.2 Å². The van der Waals surface area contributed by atoms with E-state index in [0.29, 0.717) is 0 Å². The van der Waals surface area contributed by atoms with E-state index in [1.165, 1.54) is 0 Å². The average molecular weight is 226 g/mol. The van der Waals surface area contributed by atoms with Crippen molar-refractivity contribution in [3.8, 4) is 0 Å². The summed E-state index contributed by atoms with van der Waals surface area (Å²) >= 11 is 0. The highest BCUT2D eigenvalue weighted by molar-refractivity contribution is 5.76. The van der Waals surface area contributed by atoms with Crippen molar-refractivity contribution in [2.45, 2.75) is 45.5 Å². The summed E-state index contributed by atoms with van der Waals surface area (Å²) in [6.07, 6.45) is -4.96. The molecule has 0 aromatic heterocycles. The zero-order valence-corrected chi connectivity index (χ0v) is 9.11. The lowest BCUT2D eigenvalue weighted by Crippen LogP contribution is -2.46. The SMILES string of the molecule is CCNC(CC(=O)NC(C)C)C(F)(F)F. The van der Waals surface area contributed by atoms with Crippen molar-refractivity contribution >= 4 is 5.91 Å². The third-order valence-corrected chi connectivity index (χ3v) is 1.68. The third-order valence-electron chi connectivity index (χ3n) is 1.68. The molecule has 0 aromatic carbocycles. The van der Waals surface area contributed by atoms with Gasteiger partial charge in [0.1, 0.15) is 6.04 Å². The molecule has 15 heavy (non-hydrogen) atoms. The summed E-state index contributed by atoms with van der Waals surface area (Å²) in [5, 5.41) is 4.67. The van der Waals surface area contributed by atoms with Gasteiger partial charge in [-0.3, -0.25) is 4.79 Å². The molecular weight excluding hydrogens is 209 g/mol. The van der Waals surface area contributed by atoms with Crippen LogP contribution in [0.15, 0.2) is 0 Å². The Morgan fingerprint density at radius 3 is 2.20 bits per heavy atom. The van der Waals surface area contributed by atoms with Crippen LogP contribution in [0.25, 0.3) is 0 Å². The van der Waals surface area contributed by atoms with Crippen molar-refractivity contribution in [2.24, 2.45) is 0 Å². The molecule has 0 heterocycles. The lowest BCUT2D eigenvalue weighted by molar-refractivity contribution is -0.161. The lowest BCUT2D eigenvalue weighted by atomic mass is 10.2. The first-order chi connectivity index (χ1) is 6.77. The van der Waals surface area contributed by atoms with Crippen molar-refractivity contribution in [3.05, 3.63) is 0 Å². The van der Waals surface area contributed by atoms with Gasteiger partial charge in [-0.1, -0.05) is 6.92 Å². The van der Waals surface area contributed by atoms with Gasteiger partial charge in [-0.15, -0.1) is 0 Å². The fourth-order valence-electron chi connectivity index (χ4n) is 1.12. The Labute approximate surface area is 87.4 Å². The largest absolute Gasteiger partial charge is 0.404 e. The molecule has 0 bridgehead atoms. The van der Waals surface area contributed by atoms with Crippen molar-refractivity contribution in [1.82, 2.24) is 10.6 Å². The first-order valence-electron chi connectivity index (χ1n) is 4.86. The second kappa shape index (κ2) is 5.95. The smallest absolute Gasteiger partial charge is 0.354 e. The van der Waals surface area contributed by atoms with Crippen molar-refractivity contribution in [2.75, 3.05) is 6.54 Å². The normalized spacial score (nSPS) is 14.1. The highest BCUT2D eigenvalue weighted by Crippen LogP contribution is 2.22. The molecule has 1 atom stereocenters. The zero-order chi connectivity index (χ0) is 12.1. The molecule has 0 spiro atoms. The molecule has 1 amide bonds. The van der Waals surface area contributed by atoms with Crippen LogP contribution >= 0.6 is 0 Å². The fraction of sp³-hybridized carbons (Fsp3) is 0.889. The number of halogens is 3. The third kappa shape index (κ3) is 6.33. The van der Waals surface area contributed by atoms with E-state index in [9.17, 15) is 18.0 Å². The lowest BCUT2D eigenvalue weighted by Gasteiger charge is -2.21. The minimum absolute atomic E-state index is 0.145. The van der Waals surface area contributed by atoms with E-state index in [1.54, 1.807) is 20.8 Å². The van der Waals surface area contributed by atoms with Crippen molar-refractivity contribution in [3.63, 3.8) is 0 Å². The summed E-state index contributed by atoms with van der Waals surface area (Å²) < 4.78 is 37.1. The van der Waals surface area contributed by atoms with E-state index in [-0.39, 0.29) is 12.6 Å². The Kier molecular flexibility index (Phi) is 5.64. The molecule has 0 aliphatic rings. The van der Waals surface area contributed by atoms with Gasteiger partial charge in [0.15, 0.2) is 0 Å². The van der Waals surface area contributed by atoms with Gasteiger partial charge in [-0.2, -0.15) is 13.2 Å². The van der Waals surface area contributed by atoms with E-state index in [0.717, 1.165) is 0 Å². The molecule has 2 N–H and O–H groups in total. The predicted molar refractivity (Wildman–Crippen MR) is 51.4 cm³/mol. The molecule has 0 aliphatic carbocycles. The van der Waals surface area contributed by atoms with Crippen LogP contribution in [0.5, 0.6) is 0 Å². The van der Waals surface area contributed by atoms with Crippen LogP contribution in [0, 0.1) is 0 Å². The van der Waals surface area contributed by atoms with E-state index < -0.39 is 24.5 Å². The van der Waals surface area contributed by atoms with Gasteiger partial charge >= 0.3 is 6.18 Å². The molecule has 0 rings (SSSR count). The van der Waals surface area contributed by atoms with Gasteiger partial charge in [0.2, 0.25) is 5.91 Å². The number of alkyl halides is 3. The zero-order valence-electron chi connectivity index (χ0n) is 9.11. The Morgan fingerprint density at radius 1 is 1.33 bits per heavy atom. The summed E-state index contributed by atoms with van der Waals surface area (Å²) in [5.74, 6) is -0.590. The molecule has 0 fully saturated rings. The van der Waals surface area contributed by atoms with E-state index in [1.807, 2.05) is 0 Å². The van der Waals surface area contributed by atoms with Crippen LogP contribution in [-0.2, 0) is 4.79 Å². The van der Waals surface area contributed by atoms with Gasteiger partial charge in [0.25, 0.3) is 0 Å². The minimum atomic E-state index is -4.38. The average Bonchev–Trinajstić information content (AvgIpc) is 2.00. The van der Waals surface area contributed by atoms with Gasteiger partial charge in [-0.05, 0) is 20.4 Å². The summed E-state index contributed by atoms with van der Waals surface area (Å²) in [4.78, 5) is 11.1. The maximum Gasteiger partial charge on any atom is 0.404 e.